The second kappa shape index (κ2) is 11.3. The number of benzene rings is 8. The van der Waals surface area contributed by atoms with E-state index in [0.29, 0.717) is 0 Å². The van der Waals surface area contributed by atoms with Crippen LogP contribution in [0.2, 0.25) is 0 Å². The molecule has 0 heterocycles. The molecule has 0 atom stereocenters. The Labute approximate surface area is 279 Å². The van der Waals surface area contributed by atoms with Crippen molar-refractivity contribution in [1.82, 2.24) is 0 Å². The van der Waals surface area contributed by atoms with Crippen molar-refractivity contribution in [2.45, 2.75) is 41.5 Å². The van der Waals surface area contributed by atoms with Gasteiger partial charge in [0.25, 0.3) is 0 Å². The Bertz CT molecular complexity index is 2290. The standard InChI is InChI=1S/C46H39B/c1-28-23-30(3)45(31(4)24-28)47(46-32(5)25-29(2)26-33(46)6)42-22-18-36-17-19-37-40(34-13-9-7-10-14-34)27-41(35-15-11-8-12-16-35)38-20-21-39(42)43(36)44(37)38/h7-27H,1-6H3. The average molecular weight is 603 g/mol. The Morgan fingerprint density at radius 2 is 0.809 bits per heavy atom. The van der Waals surface area contributed by atoms with Crippen LogP contribution in [0, 0.1) is 41.5 Å². The molecule has 0 saturated carbocycles. The van der Waals surface area contributed by atoms with Crippen LogP contribution in [-0.4, -0.2) is 6.71 Å². The minimum atomic E-state index is 0.114. The monoisotopic (exact) mass is 602 g/mol. The van der Waals surface area contributed by atoms with Gasteiger partial charge in [-0.1, -0.05) is 171 Å². The predicted octanol–water partition coefficient (Wildman–Crippen LogP) is 10.3. The first-order valence-corrected chi connectivity index (χ1v) is 16.8. The van der Waals surface area contributed by atoms with Crippen molar-refractivity contribution in [3.63, 3.8) is 0 Å². The molecule has 47 heavy (non-hydrogen) atoms. The van der Waals surface area contributed by atoms with E-state index in [1.165, 1.54) is 104 Å². The van der Waals surface area contributed by atoms with Crippen molar-refractivity contribution in [2.24, 2.45) is 0 Å². The van der Waals surface area contributed by atoms with Crippen LogP contribution < -0.4 is 16.4 Å². The molecule has 0 N–H and O–H groups in total. The summed E-state index contributed by atoms with van der Waals surface area (Å²) in [5.74, 6) is 0. The Morgan fingerprint density at radius 1 is 0.383 bits per heavy atom. The van der Waals surface area contributed by atoms with E-state index < -0.39 is 0 Å². The highest BCUT2D eigenvalue weighted by atomic mass is 14.2. The first-order chi connectivity index (χ1) is 22.8. The van der Waals surface area contributed by atoms with Crippen molar-refractivity contribution in [3.05, 3.63) is 161 Å². The molecule has 0 nitrogen and oxygen atoms in total. The maximum absolute atomic E-state index is 2.42. The lowest BCUT2D eigenvalue weighted by molar-refractivity contribution is 1.34. The van der Waals surface area contributed by atoms with Crippen LogP contribution in [0.25, 0.3) is 54.6 Å². The fraction of sp³-hybridized carbons (Fsp3) is 0.130. The van der Waals surface area contributed by atoms with Gasteiger partial charge in [0, 0.05) is 0 Å². The molecule has 226 valence electrons. The van der Waals surface area contributed by atoms with Crippen molar-refractivity contribution >= 4 is 55.4 Å². The first-order valence-electron chi connectivity index (χ1n) is 16.8. The summed E-state index contributed by atoms with van der Waals surface area (Å²) in [7, 11) is 0. The summed E-state index contributed by atoms with van der Waals surface area (Å²) < 4.78 is 0. The Morgan fingerprint density at radius 3 is 1.30 bits per heavy atom. The van der Waals surface area contributed by atoms with Gasteiger partial charge >= 0.3 is 0 Å². The van der Waals surface area contributed by atoms with E-state index in [9.17, 15) is 0 Å². The van der Waals surface area contributed by atoms with Crippen LogP contribution in [0.15, 0.2) is 127 Å². The highest BCUT2D eigenvalue weighted by molar-refractivity contribution is 6.98. The van der Waals surface area contributed by atoms with E-state index in [4.69, 9.17) is 0 Å². The second-order valence-corrected chi connectivity index (χ2v) is 13.7. The summed E-state index contributed by atoms with van der Waals surface area (Å²) >= 11 is 0. The Balaban J connectivity index is 1.52. The average Bonchev–Trinajstić information content (AvgIpc) is 3.06. The highest BCUT2D eigenvalue weighted by Crippen LogP contribution is 2.43. The second-order valence-electron chi connectivity index (χ2n) is 13.7. The van der Waals surface area contributed by atoms with E-state index in [0.717, 1.165) is 0 Å². The summed E-state index contributed by atoms with van der Waals surface area (Å²) in [6.45, 7) is 13.7. The van der Waals surface area contributed by atoms with Crippen LogP contribution >= 0.6 is 0 Å². The van der Waals surface area contributed by atoms with Crippen LogP contribution in [0.4, 0.5) is 0 Å². The van der Waals surface area contributed by atoms with E-state index >= 15 is 0 Å². The third-order valence-corrected chi connectivity index (χ3v) is 10.3. The van der Waals surface area contributed by atoms with E-state index in [-0.39, 0.29) is 6.71 Å². The lowest BCUT2D eigenvalue weighted by Gasteiger charge is -2.26. The summed E-state index contributed by atoms with van der Waals surface area (Å²) in [6.07, 6.45) is 0. The lowest BCUT2D eigenvalue weighted by atomic mass is 9.33. The van der Waals surface area contributed by atoms with Crippen LogP contribution in [0.3, 0.4) is 0 Å². The van der Waals surface area contributed by atoms with E-state index in [2.05, 4.69) is 169 Å². The molecule has 0 amide bonds. The molecule has 1 heteroatoms. The molecule has 0 aromatic heterocycles. The summed E-state index contributed by atoms with van der Waals surface area (Å²) in [5, 5.41) is 7.97. The van der Waals surface area contributed by atoms with Crippen molar-refractivity contribution in [2.75, 3.05) is 0 Å². The third kappa shape index (κ3) is 4.76. The molecular formula is C46H39B. The van der Waals surface area contributed by atoms with Gasteiger partial charge in [0.15, 0.2) is 0 Å². The van der Waals surface area contributed by atoms with Gasteiger partial charge in [-0.25, -0.2) is 0 Å². The quantitative estimate of drug-likeness (QED) is 0.136. The van der Waals surface area contributed by atoms with Gasteiger partial charge < -0.3 is 0 Å². The minimum Gasteiger partial charge on any atom is -0.0657 e. The first kappa shape index (κ1) is 29.3. The van der Waals surface area contributed by atoms with Gasteiger partial charge in [0.1, 0.15) is 0 Å². The van der Waals surface area contributed by atoms with Gasteiger partial charge in [-0.2, -0.15) is 0 Å². The van der Waals surface area contributed by atoms with Gasteiger partial charge in [-0.05, 0) is 102 Å². The largest absolute Gasteiger partial charge is 0.243 e. The van der Waals surface area contributed by atoms with Gasteiger partial charge in [0.05, 0.1) is 0 Å². The smallest absolute Gasteiger partial charge is 0.0657 e. The fourth-order valence-electron chi connectivity index (χ4n) is 8.63. The number of aryl methyl sites for hydroxylation is 6. The molecule has 0 spiro atoms. The molecule has 0 aliphatic carbocycles. The molecule has 0 aliphatic heterocycles. The van der Waals surface area contributed by atoms with Gasteiger partial charge in [-0.3, -0.25) is 0 Å². The summed E-state index contributed by atoms with van der Waals surface area (Å²) in [6, 6.07) is 47.9. The topological polar surface area (TPSA) is 0 Å². The number of rotatable bonds is 5. The number of hydrogen-bond donors (Lipinski definition) is 0. The van der Waals surface area contributed by atoms with Crippen molar-refractivity contribution in [3.8, 4) is 22.3 Å². The Hall–Kier alpha value is -5.14. The van der Waals surface area contributed by atoms with Crippen molar-refractivity contribution in [1.29, 1.82) is 0 Å². The molecule has 0 radical (unpaired) electrons. The zero-order valence-electron chi connectivity index (χ0n) is 28.2. The molecule has 0 saturated heterocycles. The molecule has 8 aromatic carbocycles. The van der Waals surface area contributed by atoms with Gasteiger partial charge in [-0.15, -0.1) is 0 Å². The van der Waals surface area contributed by atoms with Crippen molar-refractivity contribution < 1.29 is 0 Å². The minimum absolute atomic E-state index is 0.114. The van der Waals surface area contributed by atoms with Crippen LogP contribution in [0.1, 0.15) is 33.4 Å². The molecule has 0 fully saturated rings. The lowest BCUT2D eigenvalue weighted by Crippen LogP contribution is -2.56. The third-order valence-electron chi connectivity index (χ3n) is 10.3. The Kier molecular flexibility index (Phi) is 7.03. The van der Waals surface area contributed by atoms with E-state index in [1.54, 1.807) is 0 Å². The molecule has 8 aromatic rings. The van der Waals surface area contributed by atoms with Crippen LogP contribution in [-0.2, 0) is 0 Å². The van der Waals surface area contributed by atoms with E-state index in [1.807, 2.05) is 0 Å². The molecule has 0 unspecified atom stereocenters. The van der Waals surface area contributed by atoms with Gasteiger partial charge in [0.2, 0.25) is 6.71 Å². The highest BCUT2D eigenvalue weighted by Gasteiger charge is 2.30. The maximum Gasteiger partial charge on any atom is 0.243 e. The predicted molar refractivity (Wildman–Crippen MR) is 207 cm³/mol. The van der Waals surface area contributed by atoms with Crippen LogP contribution in [0.5, 0.6) is 0 Å². The fourth-order valence-corrected chi connectivity index (χ4v) is 8.63. The normalized spacial score (nSPS) is 11.6. The number of hydrogen-bond acceptors (Lipinski definition) is 0. The zero-order valence-corrected chi connectivity index (χ0v) is 28.2. The molecule has 0 bridgehead atoms. The zero-order chi connectivity index (χ0) is 32.4. The molecular weight excluding hydrogens is 563 g/mol. The summed E-state index contributed by atoms with van der Waals surface area (Å²) in [5.41, 5.74) is 17.3. The SMILES string of the molecule is Cc1cc(C)c(B(c2c(C)cc(C)cc2C)c2ccc3ccc4c(-c5ccccc5)cc(-c5ccccc5)c5ccc2c3c45)c(C)c1. The maximum atomic E-state index is 2.42. The molecule has 8 rings (SSSR count). The molecule has 0 aliphatic rings. The summed E-state index contributed by atoms with van der Waals surface area (Å²) in [4.78, 5) is 0.